The van der Waals surface area contributed by atoms with E-state index in [4.69, 9.17) is 0 Å². The zero-order valence-electron chi connectivity index (χ0n) is 10.1. The molecule has 4 heteroatoms. The summed E-state index contributed by atoms with van der Waals surface area (Å²) >= 11 is 0. The van der Waals surface area contributed by atoms with Gasteiger partial charge in [-0.15, -0.1) is 0 Å². The third kappa shape index (κ3) is 6.04. The summed E-state index contributed by atoms with van der Waals surface area (Å²) in [6, 6.07) is 9.76. The summed E-state index contributed by atoms with van der Waals surface area (Å²) in [4.78, 5) is 11.4. The number of benzene rings is 1. The van der Waals surface area contributed by atoms with Crippen molar-refractivity contribution < 1.29 is 9.90 Å². The van der Waals surface area contributed by atoms with Gasteiger partial charge in [0.05, 0.1) is 12.6 Å². The van der Waals surface area contributed by atoms with Gasteiger partial charge in [0, 0.05) is 13.1 Å². The maximum atomic E-state index is 11.4. The maximum Gasteiger partial charge on any atom is 0.234 e. The molecule has 0 aromatic heterocycles. The standard InChI is InChI=1S/C13H20N2O2/c1-2-12(16)9-14-10-13(17)15-8-11-6-4-3-5-7-11/h3-7,12,14,16H,2,8-10H2,1H3,(H,15,17)/t12-/m0/s1. The molecule has 0 spiro atoms. The smallest absolute Gasteiger partial charge is 0.234 e. The molecule has 0 radical (unpaired) electrons. The first-order valence-corrected chi connectivity index (χ1v) is 5.91. The molecule has 1 aromatic carbocycles. The predicted molar refractivity (Wildman–Crippen MR) is 67.5 cm³/mol. The fraction of sp³-hybridized carbons (Fsp3) is 0.462. The van der Waals surface area contributed by atoms with Crippen molar-refractivity contribution in [2.24, 2.45) is 0 Å². The fourth-order valence-electron chi connectivity index (χ4n) is 1.36. The van der Waals surface area contributed by atoms with Crippen LogP contribution in [0.1, 0.15) is 18.9 Å². The average Bonchev–Trinajstić information content (AvgIpc) is 2.37. The van der Waals surface area contributed by atoms with E-state index in [1.807, 2.05) is 37.3 Å². The molecule has 0 aliphatic rings. The monoisotopic (exact) mass is 236 g/mol. The molecule has 1 atom stereocenters. The fourth-order valence-corrected chi connectivity index (χ4v) is 1.36. The Hall–Kier alpha value is -1.39. The van der Waals surface area contributed by atoms with Crippen molar-refractivity contribution >= 4 is 5.91 Å². The molecule has 0 fully saturated rings. The number of nitrogens with one attached hydrogen (secondary N) is 2. The van der Waals surface area contributed by atoms with Crippen LogP contribution in [0.25, 0.3) is 0 Å². The topological polar surface area (TPSA) is 61.4 Å². The number of hydrogen-bond donors (Lipinski definition) is 3. The molecule has 4 nitrogen and oxygen atoms in total. The van der Waals surface area contributed by atoms with E-state index >= 15 is 0 Å². The van der Waals surface area contributed by atoms with Crippen molar-refractivity contribution in [3.8, 4) is 0 Å². The summed E-state index contributed by atoms with van der Waals surface area (Å²) in [6.07, 6.45) is 0.315. The van der Waals surface area contributed by atoms with Crippen LogP contribution in [0.5, 0.6) is 0 Å². The Bertz CT molecular complexity index is 327. The van der Waals surface area contributed by atoms with Crippen LogP contribution in [0.2, 0.25) is 0 Å². The minimum absolute atomic E-state index is 0.0582. The van der Waals surface area contributed by atoms with Gasteiger partial charge in [0.25, 0.3) is 0 Å². The quantitative estimate of drug-likeness (QED) is 0.652. The second-order valence-electron chi connectivity index (χ2n) is 3.96. The summed E-state index contributed by atoms with van der Waals surface area (Å²) in [7, 11) is 0. The molecule has 0 bridgehead atoms. The number of aliphatic hydroxyl groups is 1. The first-order valence-electron chi connectivity index (χ1n) is 5.91. The van der Waals surface area contributed by atoms with Crippen LogP contribution < -0.4 is 10.6 Å². The lowest BCUT2D eigenvalue weighted by molar-refractivity contribution is -0.120. The summed E-state index contributed by atoms with van der Waals surface area (Å²) in [5.74, 6) is -0.0582. The Morgan fingerprint density at radius 1 is 1.35 bits per heavy atom. The molecule has 17 heavy (non-hydrogen) atoms. The lowest BCUT2D eigenvalue weighted by Crippen LogP contribution is -2.36. The van der Waals surface area contributed by atoms with Crippen LogP contribution in [0.15, 0.2) is 30.3 Å². The van der Waals surface area contributed by atoms with E-state index in [0.29, 0.717) is 19.5 Å². The average molecular weight is 236 g/mol. The number of amides is 1. The van der Waals surface area contributed by atoms with Crippen molar-refractivity contribution in [2.45, 2.75) is 26.0 Å². The Morgan fingerprint density at radius 3 is 2.71 bits per heavy atom. The Morgan fingerprint density at radius 2 is 2.06 bits per heavy atom. The van der Waals surface area contributed by atoms with Crippen LogP contribution in [-0.4, -0.2) is 30.2 Å². The highest BCUT2D eigenvalue weighted by Gasteiger charge is 2.03. The summed E-state index contributed by atoms with van der Waals surface area (Å²) in [5, 5.41) is 15.0. The molecular weight excluding hydrogens is 216 g/mol. The Kier molecular flexibility index (Phi) is 6.29. The number of aliphatic hydroxyl groups excluding tert-OH is 1. The minimum Gasteiger partial charge on any atom is -0.392 e. The molecule has 1 rings (SSSR count). The van der Waals surface area contributed by atoms with Crippen molar-refractivity contribution in [1.29, 1.82) is 0 Å². The zero-order chi connectivity index (χ0) is 12.5. The lowest BCUT2D eigenvalue weighted by atomic mass is 10.2. The van der Waals surface area contributed by atoms with E-state index in [9.17, 15) is 9.90 Å². The third-order valence-corrected chi connectivity index (χ3v) is 2.47. The number of rotatable bonds is 7. The second-order valence-corrected chi connectivity index (χ2v) is 3.96. The number of carbonyl (C=O) groups is 1. The molecule has 0 saturated heterocycles. The Labute approximate surface area is 102 Å². The normalized spacial score (nSPS) is 12.1. The largest absolute Gasteiger partial charge is 0.392 e. The molecule has 0 saturated carbocycles. The van der Waals surface area contributed by atoms with Gasteiger partial charge in [0.15, 0.2) is 0 Å². The van der Waals surface area contributed by atoms with Gasteiger partial charge in [-0.2, -0.15) is 0 Å². The van der Waals surface area contributed by atoms with Crippen LogP contribution in [-0.2, 0) is 11.3 Å². The van der Waals surface area contributed by atoms with Gasteiger partial charge in [-0.25, -0.2) is 0 Å². The highest BCUT2D eigenvalue weighted by Crippen LogP contribution is 1.96. The number of carbonyl (C=O) groups excluding carboxylic acids is 1. The molecular formula is C13H20N2O2. The van der Waals surface area contributed by atoms with Crippen LogP contribution in [0.4, 0.5) is 0 Å². The van der Waals surface area contributed by atoms with Gasteiger partial charge in [-0.05, 0) is 12.0 Å². The van der Waals surface area contributed by atoms with E-state index in [1.54, 1.807) is 0 Å². The molecule has 1 amide bonds. The number of hydrogen-bond acceptors (Lipinski definition) is 3. The van der Waals surface area contributed by atoms with Crippen molar-refractivity contribution in [3.63, 3.8) is 0 Å². The van der Waals surface area contributed by atoms with E-state index in [-0.39, 0.29) is 18.6 Å². The minimum atomic E-state index is -0.378. The first-order chi connectivity index (χ1) is 8.22. The molecule has 94 valence electrons. The molecule has 3 N–H and O–H groups in total. The van der Waals surface area contributed by atoms with Crippen molar-refractivity contribution in [3.05, 3.63) is 35.9 Å². The predicted octanol–water partition coefficient (Wildman–Crippen LogP) is 0.663. The van der Waals surface area contributed by atoms with Gasteiger partial charge in [-0.3, -0.25) is 4.79 Å². The van der Waals surface area contributed by atoms with E-state index < -0.39 is 0 Å². The van der Waals surface area contributed by atoms with E-state index in [2.05, 4.69) is 10.6 Å². The van der Waals surface area contributed by atoms with Gasteiger partial charge in [0.2, 0.25) is 5.91 Å². The molecule has 0 unspecified atom stereocenters. The first kappa shape index (κ1) is 13.7. The van der Waals surface area contributed by atoms with Gasteiger partial charge >= 0.3 is 0 Å². The zero-order valence-corrected chi connectivity index (χ0v) is 10.1. The summed E-state index contributed by atoms with van der Waals surface area (Å²) in [6.45, 7) is 3.14. The van der Waals surface area contributed by atoms with Crippen molar-refractivity contribution in [2.75, 3.05) is 13.1 Å². The van der Waals surface area contributed by atoms with E-state index in [0.717, 1.165) is 5.56 Å². The second kappa shape index (κ2) is 7.81. The summed E-state index contributed by atoms with van der Waals surface area (Å²) in [5.41, 5.74) is 1.08. The van der Waals surface area contributed by atoms with Gasteiger partial charge in [0.1, 0.15) is 0 Å². The van der Waals surface area contributed by atoms with Crippen LogP contribution in [0, 0.1) is 0 Å². The Balaban J connectivity index is 2.13. The SMILES string of the molecule is CC[C@H](O)CNCC(=O)NCc1ccccc1. The molecule has 1 aromatic rings. The third-order valence-electron chi connectivity index (χ3n) is 2.47. The van der Waals surface area contributed by atoms with Crippen molar-refractivity contribution in [1.82, 2.24) is 10.6 Å². The van der Waals surface area contributed by atoms with E-state index in [1.165, 1.54) is 0 Å². The van der Waals surface area contributed by atoms with Crippen LogP contribution >= 0.6 is 0 Å². The maximum absolute atomic E-state index is 11.4. The lowest BCUT2D eigenvalue weighted by Gasteiger charge is -2.09. The van der Waals surface area contributed by atoms with Crippen LogP contribution in [0.3, 0.4) is 0 Å². The summed E-state index contributed by atoms with van der Waals surface area (Å²) < 4.78 is 0. The highest BCUT2D eigenvalue weighted by molar-refractivity contribution is 5.77. The highest BCUT2D eigenvalue weighted by atomic mass is 16.3. The molecule has 0 aliphatic heterocycles. The van der Waals surface area contributed by atoms with Gasteiger partial charge in [-0.1, -0.05) is 37.3 Å². The molecule has 0 aliphatic carbocycles. The van der Waals surface area contributed by atoms with Gasteiger partial charge < -0.3 is 15.7 Å². The molecule has 0 heterocycles.